The number of rotatable bonds is 10. The molecule has 0 radical (unpaired) electrons. The van der Waals surface area contributed by atoms with Gasteiger partial charge in [-0.15, -0.1) is 6.58 Å². The van der Waals surface area contributed by atoms with Crippen molar-refractivity contribution in [3.05, 3.63) is 101 Å². The molecule has 4 rings (SSSR count). The van der Waals surface area contributed by atoms with Crippen molar-refractivity contribution >= 4 is 53.5 Å². The molecule has 0 fully saturated rings. The van der Waals surface area contributed by atoms with Gasteiger partial charge in [0.1, 0.15) is 0 Å². The highest BCUT2D eigenvalue weighted by Gasteiger charge is 2.29. The minimum atomic E-state index is -3.93. The van der Waals surface area contributed by atoms with Crippen molar-refractivity contribution in [2.24, 2.45) is 0 Å². The fourth-order valence-corrected chi connectivity index (χ4v) is 7.23. The van der Waals surface area contributed by atoms with E-state index in [0.717, 1.165) is 13.4 Å². The fraction of sp³-hybridized carbons (Fsp3) is 0.160. The van der Waals surface area contributed by atoms with Gasteiger partial charge in [-0.3, -0.25) is 0 Å². The third-order valence-corrected chi connectivity index (χ3v) is 10.0. The lowest BCUT2D eigenvalue weighted by Gasteiger charge is -2.20. The number of nitrogens with zero attached hydrogens (tertiary/aromatic N) is 3. The largest absolute Gasteiger partial charge is 0.310 e. The zero-order valence-electron chi connectivity index (χ0n) is 18.8. The number of para-hydroxylation sites is 2. The molecule has 0 atom stereocenters. The number of hydrogen-bond donors (Lipinski definition) is 0. The van der Waals surface area contributed by atoms with Crippen LogP contribution in [-0.2, 0) is 26.4 Å². The lowest BCUT2D eigenvalue weighted by atomic mass is 10.2. The molecule has 0 N–H and O–H groups in total. The van der Waals surface area contributed by atoms with Gasteiger partial charge in [0.2, 0.25) is 25.0 Å². The van der Waals surface area contributed by atoms with Crippen LogP contribution < -0.4 is 0 Å². The molecule has 0 saturated heterocycles. The number of halogens is 1. The summed E-state index contributed by atoms with van der Waals surface area (Å²) in [7, 11) is -7.82. The van der Waals surface area contributed by atoms with Gasteiger partial charge in [-0.1, -0.05) is 54.6 Å². The van der Waals surface area contributed by atoms with Crippen LogP contribution in [0.5, 0.6) is 0 Å². The normalized spacial score (nSPS) is 12.3. The number of aromatic nitrogens is 2. The summed E-state index contributed by atoms with van der Waals surface area (Å²) in [5.74, 6) is -0.415. The van der Waals surface area contributed by atoms with E-state index in [2.05, 4.69) is 34.2 Å². The highest BCUT2D eigenvalue weighted by molar-refractivity contribution is 14.1. The molecule has 10 heteroatoms. The van der Waals surface area contributed by atoms with Crippen LogP contribution in [-0.4, -0.2) is 49.5 Å². The molecule has 182 valence electrons. The van der Waals surface area contributed by atoms with Gasteiger partial charge in [-0.2, -0.15) is 4.31 Å². The highest BCUT2D eigenvalue weighted by atomic mass is 127. The summed E-state index contributed by atoms with van der Waals surface area (Å²) in [6.07, 6.45) is 1.44. The van der Waals surface area contributed by atoms with E-state index in [-0.39, 0.29) is 23.1 Å². The fourth-order valence-electron chi connectivity index (χ4n) is 3.75. The van der Waals surface area contributed by atoms with Crippen molar-refractivity contribution in [2.75, 3.05) is 18.8 Å². The molecule has 35 heavy (non-hydrogen) atoms. The number of sulfonamides is 1. The average molecular weight is 622 g/mol. The molecular formula is C25H24IN3O4S2. The molecule has 0 aliphatic rings. The molecule has 0 aliphatic heterocycles. The predicted molar refractivity (Wildman–Crippen MR) is 145 cm³/mol. The first-order chi connectivity index (χ1) is 16.7. The maximum absolute atomic E-state index is 13.5. The van der Waals surface area contributed by atoms with E-state index in [0.29, 0.717) is 17.6 Å². The molecule has 0 spiro atoms. The Morgan fingerprint density at radius 2 is 1.57 bits per heavy atom. The van der Waals surface area contributed by atoms with E-state index >= 15 is 0 Å². The number of imidazole rings is 1. The van der Waals surface area contributed by atoms with Crippen LogP contribution in [0.1, 0.15) is 5.56 Å². The number of benzene rings is 3. The Morgan fingerprint density at radius 3 is 2.29 bits per heavy atom. The van der Waals surface area contributed by atoms with E-state index in [1.807, 2.05) is 36.4 Å². The highest BCUT2D eigenvalue weighted by Crippen LogP contribution is 2.24. The zero-order valence-corrected chi connectivity index (χ0v) is 22.6. The Balaban J connectivity index is 1.69. The minimum absolute atomic E-state index is 0.00856. The van der Waals surface area contributed by atoms with Gasteiger partial charge < -0.3 is 4.57 Å². The zero-order chi connectivity index (χ0) is 25.1. The Hall–Kier alpha value is -2.54. The van der Waals surface area contributed by atoms with E-state index in [9.17, 15) is 16.8 Å². The van der Waals surface area contributed by atoms with Gasteiger partial charge in [0.15, 0.2) is 0 Å². The Kier molecular flexibility index (Phi) is 7.74. The van der Waals surface area contributed by atoms with Crippen LogP contribution in [0, 0.1) is 3.57 Å². The maximum Gasteiger partial charge on any atom is 0.243 e. The van der Waals surface area contributed by atoms with Crippen LogP contribution in [0.2, 0.25) is 0 Å². The lowest BCUT2D eigenvalue weighted by Crippen LogP contribution is -2.35. The second kappa shape index (κ2) is 10.6. The molecule has 0 amide bonds. The average Bonchev–Trinajstić information content (AvgIpc) is 3.23. The monoisotopic (exact) mass is 621 g/mol. The van der Waals surface area contributed by atoms with Gasteiger partial charge in [-0.25, -0.2) is 21.8 Å². The summed E-state index contributed by atoms with van der Waals surface area (Å²) in [4.78, 5) is 4.54. The molecule has 0 unspecified atom stereocenters. The number of hydrogen-bond acceptors (Lipinski definition) is 5. The van der Waals surface area contributed by atoms with Crippen molar-refractivity contribution in [1.29, 1.82) is 0 Å². The molecule has 1 aromatic heterocycles. The van der Waals surface area contributed by atoms with Crippen molar-refractivity contribution in [1.82, 2.24) is 13.9 Å². The van der Waals surface area contributed by atoms with E-state index < -0.39 is 25.6 Å². The SMILES string of the molecule is C=CCN(CCS(=O)(=O)c1nc2ccccc2n1Cc1ccccc1I)S(=O)(=O)c1ccccc1. The summed E-state index contributed by atoms with van der Waals surface area (Å²) in [5.41, 5.74) is 2.23. The first-order valence-corrected chi connectivity index (χ1v) is 15.0. The second-order valence-electron chi connectivity index (χ2n) is 7.84. The molecule has 7 nitrogen and oxygen atoms in total. The quantitative estimate of drug-likeness (QED) is 0.194. The predicted octanol–water partition coefficient (Wildman–Crippen LogP) is 4.34. The summed E-state index contributed by atoms with van der Waals surface area (Å²) in [5, 5.41) is -0.0750. The van der Waals surface area contributed by atoms with Crippen LogP contribution >= 0.6 is 22.6 Å². The number of sulfone groups is 1. The maximum atomic E-state index is 13.5. The van der Waals surface area contributed by atoms with E-state index in [1.165, 1.54) is 18.2 Å². The second-order valence-corrected chi connectivity index (χ2v) is 12.9. The smallest absolute Gasteiger partial charge is 0.243 e. The lowest BCUT2D eigenvalue weighted by molar-refractivity contribution is 0.457. The standard InChI is InChI=1S/C25H24IN3O4S2/c1-2-16-28(35(32,33)21-11-4-3-5-12-21)17-18-34(30,31)25-27-23-14-8-9-15-24(23)29(25)19-20-10-6-7-13-22(20)26/h2-15H,1,16-19H2. The van der Waals surface area contributed by atoms with Crippen LogP contribution in [0.25, 0.3) is 11.0 Å². The Morgan fingerprint density at radius 1 is 0.914 bits per heavy atom. The van der Waals surface area contributed by atoms with Gasteiger partial charge in [0, 0.05) is 16.7 Å². The molecule has 3 aromatic carbocycles. The first-order valence-electron chi connectivity index (χ1n) is 10.8. The van der Waals surface area contributed by atoms with Crippen molar-refractivity contribution < 1.29 is 16.8 Å². The molecular weight excluding hydrogens is 597 g/mol. The summed E-state index contributed by atoms with van der Waals surface area (Å²) in [6, 6.07) is 22.9. The third kappa shape index (κ3) is 5.50. The Bertz CT molecular complexity index is 1570. The van der Waals surface area contributed by atoms with Crippen LogP contribution in [0.3, 0.4) is 0 Å². The van der Waals surface area contributed by atoms with E-state index in [4.69, 9.17) is 0 Å². The molecule has 4 aromatic rings. The summed E-state index contributed by atoms with van der Waals surface area (Å²) < 4.78 is 57.1. The third-order valence-electron chi connectivity index (χ3n) is 5.51. The topological polar surface area (TPSA) is 89.3 Å². The first kappa shape index (κ1) is 25.5. The van der Waals surface area contributed by atoms with Crippen molar-refractivity contribution in [3.63, 3.8) is 0 Å². The molecule has 0 aliphatic carbocycles. The van der Waals surface area contributed by atoms with Crippen molar-refractivity contribution in [2.45, 2.75) is 16.6 Å². The van der Waals surface area contributed by atoms with Crippen molar-refractivity contribution in [3.8, 4) is 0 Å². The Labute approximate surface area is 219 Å². The molecule has 0 bridgehead atoms. The van der Waals surface area contributed by atoms with Gasteiger partial charge in [0.25, 0.3) is 0 Å². The minimum Gasteiger partial charge on any atom is -0.310 e. The number of fused-ring (bicyclic) bond motifs is 1. The van der Waals surface area contributed by atoms with Gasteiger partial charge >= 0.3 is 0 Å². The summed E-state index contributed by atoms with van der Waals surface area (Å²) >= 11 is 2.22. The van der Waals surface area contributed by atoms with Gasteiger partial charge in [-0.05, 0) is 58.5 Å². The molecule has 1 heterocycles. The van der Waals surface area contributed by atoms with E-state index in [1.54, 1.807) is 34.9 Å². The van der Waals surface area contributed by atoms with Crippen LogP contribution in [0.4, 0.5) is 0 Å². The van der Waals surface area contributed by atoms with Gasteiger partial charge in [0.05, 0.1) is 28.2 Å². The van der Waals surface area contributed by atoms with Crippen LogP contribution in [0.15, 0.2) is 102 Å². The summed E-state index contributed by atoms with van der Waals surface area (Å²) in [6.45, 7) is 3.73. The molecule has 0 saturated carbocycles.